The molecule has 7 nitrogen and oxygen atoms in total. The number of hydrogen-bond acceptors (Lipinski definition) is 7. The van der Waals surface area contributed by atoms with Gasteiger partial charge in [0.25, 0.3) is 5.91 Å². The van der Waals surface area contributed by atoms with Crippen LogP contribution in [0.25, 0.3) is 15.9 Å². The van der Waals surface area contributed by atoms with Crippen molar-refractivity contribution >= 4 is 43.9 Å². The Bertz CT molecular complexity index is 1410. The molecule has 0 spiro atoms. The second-order valence-corrected chi connectivity index (χ2v) is 8.93. The number of nitrogens with zero attached hydrogens (tertiary/aromatic N) is 4. The van der Waals surface area contributed by atoms with Crippen LogP contribution < -0.4 is 10.1 Å². The summed E-state index contributed by atoms with van der Waals surface area (Å²) in [6.07, 6.45) is 0. The maximum Gasteiger partial charge on any atom is 0.267 e. The number of hydrogen-bond donors (Lipinski definition) is 1. The minimum atomic E-state index is -0.445. The highest BCUT2D eigenvalue weighted by Crippen LogP contribution is 2.31. The Hall–Kier alpha value is -3.63. The van der Waals surface area contributed by atoms with Gasteiger partial charge in [-0.3, -0.25) is 10.1 Å². The standard InChI is InChI=1S/C22H16FN5O2S2/c1-13-15-11-18(31-21(15)28(27-13)14-7-3-2-4-8-14)20(29)24-22-26-25-19(32-22)12-30-17-10-6-5-9-16(17)23/h2-11H,12H2,1H3,(H,24,26,29). The van der Waals surface area contributed by atoms with E-state index in [0.717, 1.165) is 21.6 Å². The van der Waals surface area contributed by atoms with Crippen molar-refractivity contribution in [1.82, 2.24) is 20.0 Å². The van der Waals surface area contributed by atoms with Crippen molar-refractivity contribution in [3.05, 3.63) is 82.1 Å². The number of anilines is 1. The van der Waals surface area contributed by atoms with E-state index in [4.69, 9.17) is 4.74 Å². The number of amides is 1. The van der Waals surface area contributed by atoms with Crippen LogP contribution >= 0.6 is 22.7 Å². The van der Waals surface area contributed by atoms with Gasteiger partial charge in [-0.15, -0.1) is 21.5 Å². The smallest absolute Gasteiger partial charge is 0.267 e. The number of benzene rings is 2. The molecule has 0 fully saturated rings. The zero-order chi connectivity index (χ0) is 22.1. The Labute approximate surface area is 190 Å². The van der Waals surface area contributed by atoms with E-state index in [-0.39, 0.29) is 18.3 Å². The number of ether oxygens (including phenoxy) is 1. The second-order valence-electron chi connectivity index (χ2n) is 6.84. The summed E-state index contributed by atoms with van der Waals surface area (Å²) in [7, 11) is 0. The molecule has 5 rings (SSSR count). The third-order valence-electron chi connectivity index (χ3n) is 4.64. The molecular weight excluding hydrogens is 449 g/mol. The molecule has 0 atom stereocenters. The van der Waals surface area contributed by atoms with Crippen molar-refractivity contribution in [3.8, 4) is 11.4 Å². The highest BCUT2D eigenvalue weighted by atomic mass is 32.1. The topological polar surface area (TPSA) is 81.9 Å². The number of carbonyl (C=O) groups excluding carboxylic acids is 1. The molecule has 0 saturated heterocycles. The van der Waals surface area contributed by atoms with Crippen LogP contribution in [0.3, 0.4) is 0 Å². The Morgan fingerprint density at radius 2 is 1.88 bits per heavy atom. The second kappa shape index (κ2) is 8.48. The monoisotopic (exact) mass is 465 g/mol. The van der Waals surface area contributed by atoms with Gasteiger partial charge in [0.2, 0.25) is 5.13 Å². The number of aromatic nitrogens is 4. The van der Waals surface area contributed by atoms with Gasteiger partial charge in [0, 0.05) is 5.39 Å². The highest BCUT2D eigenvalue weighted by molar-refractivity contribution is 7.20. The van der Waals surface area contributed by atoms with E-state index in [1.165, 1.54) is 28.7 Å². The van der Waals surface area contributed by atoms with Gasteiger partial charge in [0.1, 0.15) is 11.4 Å². The summed E-state index contributed by atoms with van der Waals surface area (Å²) in [5, 5.41) is 17.2. The van der Waals surface area contributed by atoms with Crippen molar-refractivity contribution in [2.75, 3.05) is 5.32 Å². The van der Waals surface area contributed by atoms with Crippen LogP contribution in [0.2, 0.25) is 0 Å². The molecule has 0 saturated carbocycles. The Balaban J connectivity index is 1.31. The Morgan fingerprint density at radius 3 is 2.69 bits per heavy atom. The molecule has 0 aliphatic carbocycles. The zero-order valence-electron chi connectivity index (χ0n) is 16.8. The molecule has 2 aromatic carbocycles. The maximum absolute atomic E-state index is 13.7. The fourth-order valence-electron chi connectivity index (χ4n) is 3.13. The average molecular weight is 466 g/mol. The number of rotatable bonds is 6. The number of aryl methyl sites for hydroxylation is 1. The molecule has 0 aliphatic heterocycles. The third kappa shape index (κ3) is 3.97. The minimum Gasteiger partial charge on any atom is -0.483 e. The first-order chi connectivity index (χ1) is 15.6. The minimum absolute atomic E-state index is 0.0590. The number of para-hydroxylation sites is 2. The van der Waals surface area contributed by atoms with Gasteiger partial charge in [0.05, 0.1) is 16.3 Å². The molecule has 0 aliphatic rings. The summed E-state index contributed by atoms with van der Waals surface area (Å²) in [5.41, 5.74) is 1.78. The van der Waals surface area contributed by atoms with E-state index in [1.807, 2.05) is 48.0 Å². The maximum atomic E-state index is 13.7. The van der Waals surface area contributed by atoms with Gasteiger partial charge in [-0.1, -0.05) is 41.7 Å². The van der Waals surface area contributed by atoms with Crippen molar-refractivity contribution in [2.45, 2.75) is 13.5 Å². The molecule has 32 heavy (non-hydrogen) atoms. The van der Waals surface area contributed by atoms with Crippen LogP contribution in [0.15, 0.2) is 60.7 Å². The van der Waals surface area contributed by atoms with Crippen LogP contribution in [-0.2, 0) is 6.61 Å². The molecule has 0 radical (unpaired) electrons. The fourth-order valence-corrected chi connectivity index (χ4v) is 4.85. The van der Waals surface area contributed by atoms with E-state index in [2.05, 4.69) is 20.6 Å². The van der Waals surface area contributed by atoms with Gasteiger partial charge in [-0.25, -0.2) is 9.07 Å². The summed E-state index contributed by atoms with van der Waals surface area (Å²) >= 11 is 2.54. The lowest BCUT2D eigenvalue weighted by Gasteiger charge is -2.03. The van der Waals surface area contributed by atoms with Crippen LogP contribution in [0.5, 0.6) is 5.75 Å². The first kappa shape index (κ1) is 20.3. The number of halogens is 1. The molecule has 3 heterocycles. The third-order valence-corrected chi connectivity index (χ3v) is 6.57. The van der Waals surface area contributed by atoms with Crippen LogP contribution in [0.1, 0.15) is 20.4 Å². The van der Waals surface area contributed by atoms with Crippen LogP contribution in [-0.4, -0.2) is 25.9 Å². The van der Waals surface area contributed by atoms with E-state index >= 15 is 0 Å². The van der Waals surface area contributed by atoms with Crippen molar-refractivity contribution in [2.24, 2.45) is 0 Å². The van der Waals surface area contributed by atoms with Gasteiger partial charge in [-0.05, 0) is 37.3 Å². The Morgan fingerprint density at radius 1 is 1.09 bits per heavy atom. The SMILES string of the molecule is Cc1nn(-c2ccccc2)c2sc(C(=O)Nc3nnc(COc4ccccc4F)s3)cc12. The van der Waals surface area contributed by atoms with Crippen LogP contribution in [0.4, 0.5) is 9.52 Å². The lowest BCUT2D eigenvalue weighted by Crippen LogP contribution is -2.09. The quantitative estimate of drug-likeness (QED) is 0.372. The number of nitrogens with one attached hydrogen (secondary N) is 1. The predicted octanol–water partition coefficient (Wildman–Crippen LogP) is 5.22. The summed E-state index contributed by atoms with van der Waals surface area (Å²) in [6, 6.07) is 17.8. The zero-order valence-corrected chi connectivity index (χ0v) is 18.4. The molecule has 0 bridgehead atoms. The molecule has 3 aromatic heterocycles. The number of carbonyl (C=O) groups is 1. The molecule has 1 N–H and O–H groups in total. The molecular formula is C22H16FN5O2S2. The van der Waals surface area contributed by atoms with Gasteiger partial charge < -0.3 is 4.74 Å². The normalized spacial score (nSPS) is 11.1. The van der Waals surface area contributed by atoms with E-state index in [1.54, 1.807) is 18.2 Å². The van der Waals surface area contributed by atoms with Crippen LogP contribution in [0, 0.1) is 12.7 Å². The van der Waals surface area contributed by atoms with Crippen molar-refractivity contribution in [1.29, 1.82) is 0 Å². The first-order valence-electron chi connectivity index (χ1n) is 9.64. The summed E-state index contributed by atoms with van der Waals surface area (Å²) < 4.78 is 20.9. The van der Waals surface area contributed by atoms with Gasteiger partial charge >= 0.3 is 0 Å². The molecule has 0 unspecified atom stereocenters. The fraction of sp³-hybridized carbons (Fsp3) is 0.0909. The van der Waals surface area contributed by atoms with Crippen molar-refractivity contribution in [3.63, 3.8) is 0 Å². The molecule has 5 aromatic rings. The lowest BCUT2D eigenvalue weighted by molar-refractivity contribution is 0.103. The van der Waals surface area contributed by atoms with Gasteiger partial charge in [0.15, 0.2) is 16.6 Å². The van der Waals surface area contributed by atoms with Crippen molar-refractivity contribution < 1.29 is 13.9 Å². The van der Waals surface area contributed by atoms with E-state index in [9.17, 15) is 9.18 Å². The average Bonchev–Trinajstić information content (AvgIpc) is 3.51. The number of fused-ring (bicyclic) bond motifs is 1. The summed E-state index contributed by atoms with van der Waals surface area (Å²) in [4.78, 5) is 14.2. The molecule has 160 valence electrons. The van der Waals surface area contributed by atoms with Gasteiger partial charge in [-0.2, -0.15) is 5.10 Å². The lowest BCUT2D eigenvalue weighted by atomic mass is 10.3. The first-order valence-corrected chi connectivity index (χ1v) is 11.3. The summed E-state index contributed by atoms with van der Waals surface area (Å²) in [5.74, 6) is -0.580. The number of thiophene rings is 1. The highest BCUT2D eigenvalue weighted by Gasteiger charge is 2.18. The summed E-state index contributed by atoms with van der Waals surface area (Å²) in [6.45, 7) is 1.98. The Kier molecular flexibility index (Phi) is 5.38. The predicted molar refractivity (Wildman–Crippen MR) is 122 cm³/mol. The molecule has 10 heteroatoms. The van der Waals surface area contributed by atoms with E-state index < -0.39 is 5.82 Å². The largest absolute Gasteiger partial charge is 0.483 e. The van der Waals surface area contributed by atoms with E-state index in [0.29, 0.717) is 15.0 Å². The molecule has 1 amide bonds.